The summed E-state index contributed by atoms with van der Waals surface area (Å²) in [6.45, 7) is 5.04. The van der Waals surface area contributed by atoms with Gasteiger partial charge in [-0.1, -0.05) is 50.6 Å². The molecule has 3 N–H and O–H groups in total. The summed E-state index contributed by atoms with van der Waals surface area (Å²) in [7, 11) is 0. The average molecular weight is 460 g/mol. The van der Waals surface area contributed by atoms with Gasteiger partial charge in [-0.2, -0.15) is 0 Å². The molecule has 3 saturated heterocycles. The van der Waals surface area contributed by atoms with E-state index in [0.717, 1.165) is 24.8 Å². The minimum absolute atomic E-state index is 0.0249. The van der Waals surface area contributed by atoms with Crippen LogP contribution < -0.4 is 10.6 Å². The van der Waals surface area contributed by atoms with Crippen molar-refractivity contribution >= 4 is 29.5 Å². The predicted molar refractivity (Wildman–Crippen MR) is 124 cm³/mol. The Morgan fingerprint density at radius 3 is 2.66 bits per heavy atom. The van der Waals surface area contributed by atoms with Gasteiger partial charge in [0.05, 0.1) is 23.2 Å². The van der Waals surface area contributed by atoms with Crippen LogP contribution >= 0.6 is 11.8 Å². The van der Waals surface area contributed by atoms with Crippen LogP contribution in [-0.4, -0.2) is 63.5 Å². The number of amides is 3. The normalized spacial score (nSPS) is 32.8. The van der Waals surface area contributed by atoms with E-state index in [-0.39, 0.29) is 42.0 Å². The number of thioether (sulfide) groups is 1. The van der Waals surface area contributed by atoms with Gasteiger partial charge < -0.3 is 20.6 Å². The molecule has 1 aromatic carbocycles. The summed E-state index contributed by atoms with van der Waals surface area (Å²) in [6, 6.07) is 9.06. The zero-order valence-corrected chi connectivity index (χ0v) is 19.6. The third-order valence-electron chi connectivity index (χ3n) is 7.28. The minimum Gasteiger partial charge on any atom is -0.395 e. The standard InChI is InChI=1S/C24H33N3O4S/c1-3-4-10-25-22(30)20-24-15(2)13-17(32-24)18(19(24)23(31)27(20)11-12-28)21(29)26-14-16-8-6-5-7-9-16/h5-9,15,17-20,28H,3-4,10-14H2,1-2H3,(H,25,30)(H,26,29)/t15?,17-,18+,19+,20?,24?/m1/s1. The molecule has 32 heavy (non-hydrogen) atoms. The molecule has 3 heterocycles. The van der Waals surface area contributed by atoms with Crippen molar-refractivity contribution in [1.82, 2.24) is 15.5 Å². The smallest absolute Gasteiger partial charge is 0.244 e. The lowest BCUT2D eigenvalue weighted by Crippen LogP contribution is -2.56. The molecule has 8 heteroatoms. The number of β-amino-alcohol motifs (C(OH)–C–C–N with tert-alkyl or cyclic N) is 1. The first-order chi connectivity index (χ1) is 15.5. The Morgan fingerprint density at radius 1 is 1.22 bits per heavy atom. The highest BCUT2D eigenvalue weighted by Gasteiger charge is 2.75. The molecular weight excluding hydrogens is 426 g/mol. The monoisotopic (exact) mass is 459 g/mol. The Morgan fingerprint density at radius 2 is 1.97 bits per heavy atom. The summed E-state index contributed by atoms with van der Waals surface area (Å²) in [5.41, 5.74) is 1.01. The minimum atomic E-state index is -0.652. The molecule has 1 spiro atoms. The van der Waals surface area contributed by atoms with E-state index in [1.807, 2.05) is 30.3 Å². The van der Waals surface area contributed by atoms with E-state index in [0.29, 0.717) is 13.1 Å². The van der Waals surface area contributed by atoms with Crippen molar-refractivity contribution in [3.05, 3.63) is 35.9 Å². The Hall–Kier alpha value is -2.06. The van der Waals surface area contributed by atoms with Gasteiger partial charge in [-0.05, 0) is 24.3 Å². The van der Waals surface area contributed by atoms with Crippen LogP contribution in [0.15, 0.2) is 30.3 Å². The fourth-order valence-electron chi connectivity index (χ4n) is 5.86. The summed E-state index contributed by atoms with van der Waals surface area (Å²) in [5.74, 6) is -1.30. The van der Waals surface area contributed by atoms with Crippen LogP contribution in [0.25, 0.3) is 0 Å². The van der Waals surface area contributed by atoms with E-state index in [9.17, 15) is 19.5 Å². The lowest BCUT2D eigenvalue weighted by atomic mass is 9.66. The summed E-state index contributed by atoms with van der Waals surface area (Å²) < 4.78 is -0.623. The van der Waals surface area contributed by atoms with Gasteiger partial charge in [-0.15, -0.1) is 11.8 Å². The number of hydrogen-bond donors (Lipinski definition) is 3. The summed E-state index contributed by atoms with van der Waals surface area (Å²) in [4.78, 5) is 41.7. The number of carbonyl (C=O) groups is 3. The van der Waals surface area contributed by atoms with E-state index >= 15 is 0 Å². The highest BCUT2D eigenvalue weighted by molar-refractivity contribution is 8.02. The number of rotatable bonds is 9. The van der Waals surface area contributed by atoms with E-state index in [2.05, 4.69) is 24.5 Å². The molecule has 0 saturated carbocycles. The summed E-state index contributed by atoms with van der Waals surface area (Å²) in [5, 5.41) is 15.7. The number of nitrogens with one attached hydrogen (secondary N) is 2. The molecule has 3 aliphatic rings. The number of carbonyl (C=O) groups excluding carboxylic acids is 3. The summed E-state index contributed by atoms with van der Waals surface area (Å²) in [6.07, 6.45) is 2.65. The third-order valence-corrected chi connectivity index (χ3v) is 9.35. The first-order valence-corrected chi connectivity index (χ1v) is 12.5. The number of benzene rings is 1. The van der Waals surface area contributed by atoms with Crippen molar-refractivity contribution in [1.29, 1.82) is 0 Å². The van der Waals surface area contributed by atoms with Crippen molar-refractivity contribution in [2.75, 3.05) is 19.7 Å². The second-order valence-electron chi connectivity index (χ2n) is 9.16. The van der Waals surface area contributed by atoms with E-state index < -0.39 is 22.6 Å². The molecule has 7 nitrogen and oxygen atoms in total. The lowest BCUT2D eigenvalue weighted by molar-refractivity contribution is -0.140. The summed E-state index contributed by atoms with van der Waals surface area (Å²) >= 11 is 1.66. The van der Waals surface area contributed by atoms with Gasteiger partial charge in [-0.3, -0.25) is 14.4 Å². The van der Waals surface area contributed by atoms with E-state index in [1.165, 1.54) is 4.90 Å². The van der Waals surface area contributed by atoms with Gasteiger partial charge in [0.25, 0.3) is 0 Å². The second-order valence-corrected chi connectivity index (χ2v) is 10.7. The Kier molecular flexibility index (Phi) is 6.81. The number of fused-ring (bicyclic) bond motifs is 1. The van der Waals surface area contributed by atoms with Crippen LogP contribution in [0.5, 0.6) is 0 Å². The second kappa shape index (κ2) is 9.43. The molecule has 0 aliphatic carbocycles. The molecule has 3 aliphatic heterocycles. The average Bonchev–Trinajstić information content (AvgIpc) is 3.37. The number of aliphatic hydroxyl groups is 1. The highest BCUT2D eigenvalue weighted by atomic mass is 32.2. The maximum absolute atomic E-state index is 13.6. The molecule has 0 radical (unpaired) electrons. The predicted octanol–water partition coefficient (Wildman–Crippen LogP) is 1.55. The first-order valence-electron chi connectivity index (χ1n) is 11.6. The zero-order valence-electron chi connectivity index (χ0n) is 18.8. The molecule has 1 aromatic rings. The maximum Gasteiger partial charge on any atom is 0.244 e. The topological polar surface area (TPSA) is 98.7 Å². The molecule has 2 bridgehead atoms. The Balaban J connectivity index is 1.59. The number of hydrogen-bond acceptors (Lipinski definition) is 5. The van der Waals surface area contributed by atoms with Crippen LogP contribution in [0.2, 0.25) is 0 Å². The molecular formula is C24H33N3O4S. The lowest BCUT2D eigenvalue weighted by Gasteiger charge is -2.38. The van der Waals surface area contributed by atoms with Crippen LogP contribution in [0.4, 0.5) is 0 Å². The van der Waals surface area contributed by atoms with Crippen molar-refractivity contribution < 1.29 is 19.5 Å². The van der Waals surface area contributed by atoms with Gasteiger partial charge in [0.1, 0.15) is 6.04 Å². The number of aliphatic hydroxyl groups excluding tert-OH is 1. The van der Waals surface area contributed by atoms with Gasteiger partial charge in [0.15, 0.2) is 0 Å². The molecule has 3 amide bonds. The molecule has 3 fully saturated rings. The number of likely N-dealkylation sites (tertiary alicyclic amines) is 1. The van der Waals surface area contributed by atoms with Crippen LogP contribution in [0.1, 0.15) is 38.7 Å². The Bertz CT molecular complexity index is 866. The van der Waals surface area contributed by atoms with Crippen molar-refractivity contribution in [2.24, 2.45) is 17.8 Å². The molecule has 6 atom stereocenters. The Labute approximate surface area is 193 Å². The van der Waals surface area contributed by atoms with Crippen LogP contribution in [0, 0.1) is 17.8 Å². The van der Waals surface area contributed by atoms with Gasteiger partial charge in [-0.25, -0.2) is 0 Å². The van der Waals surface area contributed by atoms with Crippen LogP contribution in [-0.2, 0) is 20.9 Å². The SMILES string of the molecule is CCCCNC(=O)C1N(CCO)C(=O)[C@@H]2[C@@H](C(=O)NCc3ccccc3)[C@H]3CC(C)C12S3. The number of unbranched alkanes of at least 4 members (excludes halogenated alkanes) is 1. The molecule has 4 rings (SSSR count). The van der Waals surface area contributed by atoms with Crippen LogP contribution in [0.3, 0.4) is 0 Å². The fourth-order valence-corrected chi connectivity index (χ4v) is 8.28. The van der Waals surface area contributed by atoms with Crippen molar-refractivity contribution in [3.8, 4) is 0 Å². The van der Waals surface area contributed by atoms with E-state index in [4.69, 9.17) is 0 Å². The van der Waals surface area contributed by atoms with Gasteiger partial charge >= 0.3 is 0 Å². The van der Waals surface area contributed by atoms with E-state index in [1.54, 1.807) is 11.8 Å². The third kappa shape index (κ3) is 3.71. The van der Waals surface area contributed by atoms with Gasteiger partial charge in [0.2, 0.25) is 17.7 Å². The fraction of sp³-hybridized carbons (Fsp3) is 0.625. The van der Waals surface area contributed by atoms with Crippen molar-refractivity contribution in [3.63, 3.8) is 0 Å². The highest BCUT2D eigenvalue weighted by Crippen LogP contribution is 2.68. The largest absolute Gasteiger partial charge is 0.395 e. The molecule has 174 valence electrons. The first kappa shape index (κ1) is 23.1. The van der Waals surface area contributed by atoms with Gasteiger partial charge in [0, 0.05) is 24.9 Å². The quantitative estimate of drug-likeness (QED) is 0.487. The zero-order chi connectivity index (χ0) is 22.9. The number of nitrogens with zero attached hydrogens (tertiary/aromatic N) is 1. The molecule has 0 aromatic heterocycles. The maximum atomic E-state index is 13.6. The van der Waals surface area contributed by atoms with Crippen molar-refractivity contribution in [2.45, 2.75) is 55.7 Å². The molecule has 3 unspecified atom stereocenters.